The molecule has 9 nitrogen and oxygen atoms in total. The van der Waals surface area contributed by atoms with Crippen molar-refractivity contribution in [3.63, 3.8) is 0 Å². The summed E-state index contributed by atoms with van der Waals surface area (Å²) in [6.07, 6.45) is 70.0. The first-order valence-electron chi connectivity index (χ1n) is 30.4. The van der Waals surface area contributed by atoms with Crippen LogP contribution in [0.15, 0.2) is 85.1 Å². The average Bonchev–Trinajstić information content (AvgIpc) is 3.36. The molecule has 74 heavy (non-hydrogen) atoms. The van der Waals surface area contributed by atoms with Gasteiger partial charge in [0.05, 0.1) is 33.8 Å². The maximum Gasteiger partial charge on any atom is 0.472 e. The van der Waals surface area contributed by atoms with Gasteiger partial charge in [-0.25, -0.2) is 4.57 Å². The Kier molecular flexibility index (Phi) is 51.5. The van der Waals surface area contributed by atoms with Gasteiger partial charge in [-0.15, -0.1) is 0 Å². The van der Waals surface area contributed by atoms with Crippen molar-refractivity contribution in [3.8, 4) is 0 Å². The van der Waals surface area contributed by atoms with Crippen molar-refractivity contribution in [1.82, 2.24) is 5.32 Å². The highest BCUT2D eigenvalue weighted by atomic mass is 31.2. The topological polar surface area (TPSA) is 111 Å². The molecule has 0 heterocycles. The monoisotopic (exact) mass is 1060 g/mol. The quantitative estimate of drug-likeness (QED) is 0.0205. The summed E-state index contributed by atoms with van der Waals surface area (Å²) in [4.78, 5) is 37.7. The van der Waals surface area contributed by atoms with Crippen molar-refractivity contribution in [2.45, 2.75) is 270 Å². The van der Waals surface area contributed by atoms with Crippen molar-refractivity contribution >= 4 is 19.7 Å². The lowest BCUT2D eigenvalue weighted by Gasteiger charge is -2.27. The first kappa shape index (κ1) is 71.2. The second kappa shape index (κ2) is 53.6. The molecule has 0 radical (unpaired) electrons. The highest BCUT2D eigenvalue weighted by Gasteiger charge is 2.30. The molecule has 0 aliphatic rings. The number of carbonyl (C=O) groups is 2. The molecule has 0 saturated heterocycles. The zero-order valence-electron chi connectivity index (χ0n) is 48.8. The van der Waals surface area contributed by atoms with Crippen LogP contribution in [0, 0.1) is 0 Å². The zero-order chi connectivity index (χ0) is 54.3. The van der Waals surface area contributed by atoms with Gasteiger partial charge in [0.2, 0.25) is 5.91 Å². The van der Waals surface area contributed by atoms with Crippen LogP contribution in [0.1, 0.15) is 258 Å². The SMILES string of the molecule is CC/C=C\C/C=C\C/C=C\C/C=C\C/C=C\CCCCCC(=O)OC(/C=C/CCCCCCCCCCCC)C(COP(=O)(O)OCC[N+](C)(C)C)NC(=O)CCCCCCCCC/C=C/CCCCCCCC. The first-order valence-corrected chi connectivity index (χ1v) is 31.9. The van der Waals surface area contributed by atoms with Crippen molar-refractivity contribution in [2.24, 2.45) is 0 Å². The van der Waals surface area contributed by atoms with E-state index in [1.54, 1.807) is 0 Å². The number of allylic oxidation sites excluding steroid dienone is 13. The number of carbonyl (C=O) groups excluding carboxylic acids is 2. The van der Waals surface area contributed by atoms with Gasteiger partial charge in [-0.1, -0.05) is 228 Å². The molecular weight excluding hydrogens is 940 g/mol. The van der Waals surface area contributed by atoms with E-state index in [1.807, 2.05) is 33.3 Å². The minimum atomic E-state index is -4.46. The van der Waals surface area contributed by atoms with E-state index in [2.05, 4.69) is 99.0 Å². The van der Waals surface area contributed by atoms with Crippen LogP contribution >= 0.6 is 7.82 Å². The van der Waals surface area contributed by atoms with E-state index in [9.17, 15) is 19.0 Å². The Hall–Kier alpha value is -2.81. The molecule has 0 fully saturated rings. The van der Waals surface area contributed by atoms with Crippen LogP contribution in [0.4, 0.5) is 0 Å². The summed E-state index contributed by atoms with van der Waals surface area (Å²) >= 11 is 0. The van der Waals surface area contributed by atoms with E-state index < -0.39 is 20.0 Å². The normalized spacial score (nSPS) is 14.3. The summed E-state index contributed by atoms with van der Waals surface area (Å²) < 4.78 is 30.6. The molecule has 0 spiro atoms. The predicted molar refractivity (Wildman–Crippen MR) is 318 cm³/mol. The summed E-state index contributed by atoms with van der Waals surface area (Å²) in [5.41, 5.74) is 0. The lowest BCUT2D eigenvalue weighted by atomic mass is 10.0. The summed E-state index contributed by atoms with van der Waals surface area (Å²) in [6.45, 7) is 6.87. The highest BCUT2D eigenvalue weighted by molar-refractivity contribution is 7.47. The molecule has 0 aromatic carbocycles. The number of quaternary nitrogens is 1. The molecule has 428 valence electrons. The fourth-order valence-electron chi connectivity index (χ4n) is 8.37. The summed E-state index contributed by atoms with van der Waals surface area (Å²) in [5.74, 6) is -0.549. The number of rotatable bonds is 54. The number of esters is 1. The number of unbranched alkanes of at least 4 members (excludes halogenated alkanes) is 26. The fraction of sp³-hybridized carbons (Fsp3) is 0.750. The van der Waals surface area contributed by atoms with Gasteiger partial charge in [-0.2, -0.15) is 0 Å². The van der Waals surface area contributed by atoms with Gasteiger partial charge < -0.3 is 19.4 Å². The third kappa shape index (κ3) is 54.0. The van der Waals surface area contributed by atoms with Crippen LogP contribution < -0.4 is 5.32 Å². The van der Waals surface area contributed by atoms with E-state index in [0.717, 1.165) is 103 Å². The molecule has 10 heteroatoms. The molecule has 2 N–H and O–H groups in total. The summed E-state index contributed by atoms with van der Waals surface area (Å²) in [6, 6.07) is -0.868. The largest absolute Gasteiger partial charge is 0.472 e. The summed E-state index contributed by atoms with van der Waals surface area (Å²) in [7, 11) is 1.47. The Morgan fingerprint density at radius 1 is 0.486 bits per heavy atom. The number of phosphoric acid groups is 1. The Morgan fingerprint density at radius 3 is 1.32 bits per heavy atom. The minimum Gasteiger partial charge on any atom is -0.456 e. The van der Waals surface area contributed by atoms with E-state index >= 15 is 0 Å². The molecular formula is C64H116N2O7P+. The molecule has 0 aromatic heterocycles. The average molecular weight is 1060 g/mol. The third-order valence-electron chi connectivity index (χ3n) is 13.1. The number of likely N-dealkylation sites (N-methyl/N-ethyl adjacent to an activating group) is 1. The molecule has 0 rings (SSSR count). The second-order valence-electron chi connectivity index (χ2n) is 21.5. The number of nitrogens with one attached hydrogen (secondary N) is 1. The van der Waals surface area contributed by atoms with Crippen molar-refractivity contribution in [1.29, 1.82) is 0 Å². The molecule has 0 bridgehead atoms. The summed E-state index contributed by atoms with van der Waals surface area (Å²) in [5, 5.41) is 3.04. The first-order chi connectivity index (χ1) is 35.9. The van der Waals surface area contributed by atoms with Crippen LogP contribution in [0.25, 0.3) is 0 Å². The Balaban J connectivity index is 5.36. The molecule has 3 unspecified atom stereocenters. The highest BCUT2D eigenvalue weighted by Crippen LogP contribution is 2.43. The lowest BCUT2D eigenvalue weighted by Crippen LogP contribution is -2.47. The number of phosphoric ester groups is 1. The van der Waals surface area contributed by atoms with Gasteiger partial charge in [0.25, 0.3) is 0 Å². The van der Waals surface area contributed by atoms with E-state index in [-0.39, 0.29) is 31.5 Å². The van der Waals surface area contributed by atoms with Gasteiger partial charge >= 0.3 is 13.8 Å². The van der Waals surface area contributed by atoms with Crippen molar-refractivity contribution in [3.05, 3.63) is 85.1 Å². The zero-order valence-corrected chi connectivity index (χ0v) is 49.7. The van der Waals surface area contributed by atoms with Crippen LogP contribution in [0.3, 0.4) is 0 Å². The van der Waals surface area contributed by atoms with Crippen LogP contribution in [-0.4, -0.2) is 74.3 Å². The maximum absolute atomic E-state index is 13.5. The Labute approximate surface area is 456 Å². The van der Waals surface area contributed by atoms with Gasteiger partial charge in [-0.05, 0) is 102 Å². The smallest absolute Gasteiger partial charge is 0.456 e. The third-order valence-corrected chi connectivity index (χ3v) is 14.1. The van der Waals surface area contributed by atoms with E-state index in [0.29, 0.717) is 23.9 Å². The number of nitrogens with zero attached hydrogens (tertiary/aromatic N) is 1. The molecule has 0 aliphatic heterocycles. The second-order valence-corrected chi connectivity index (χ2v) is 22.9. The predicted octanol–water partition coefficient (Wildman–Crippen LogP) is 18.6. The van der Waals surface area contributed by atoms with Crippen LogP contribution in [-0.2, 0) is 27.9 Å². The van der Waals surface area contributed by atoms with Crippen molar-refractivity contribution < 1.29 is 37.3 Å². The van der Waals surface area contributed by atoms with Gasteiger partial charge in [0, 0.05) is 12.8 Å². The van der Waals surface area contributed by atoms with Gasteiger partial charge in [0.15, 0.2) is 0 Å². The van der Waals surface area contributed by atoms with E-state index in [1.165, 1.54) is 116 Å². The number of amides is 1. The minimum absolute atomic E-state index is 0.0307. The van der Waals surface area contributed by atoms with Gasteiger partial charge in [-0.3, -0.25) is 18.6 Å². The Bertz CT molecular complexity index is 1540. The molecule has 1 amide bonds. The molecule has 0 aliphatic carbocycles. The lowest BCUT2D eigenvalue weighted by molar-refractivity contribution is -0.870. The molecule has 0 aromatic rings. The van der Waals surface area contributed by atoms with Crippen LogP contribution in [0.5, 0.6) is 0 Å². The number of hydrogen-bond donors (Lipinski definition) is 2. The van der Waals surface area contributed by atoms with Crippen molar-refractivity contribution in [2.75, 3.05) is 40.9 Å². The number of ether oxygens (including phenoxy) is 1. The standard InChI is InChI=1S/C64H115N2O7P/c1-7-10-13-16-19-22-25-28-30-32-33-35-37-39-42-45-48-51-54-57-64(68)73-62(55-52-49-46-43-40-27-24-21-18-15-12-9-3)61(60-72-74(69,70)71-59-58-66(4,5)6)65-63(67)56-53-50-47-44-41-38-36-34-31-29-26-23-20-17-14-11-8-2/h10,13,19,22,28-31,33,35,39,42,52,55,61-62H,7-9,11-12,14-18,20-21,23-27,32,34,36-38,40-41,43-51,53-54,56-60H2,1-6H3,(H-,65,67,69,70)/p+1/b13-10-,22-19-,30-28-,31-29+,35-33-,42-39-,55-52+. The molecule has 3 atom stereocenters. The maximum atomic E-state index is 13.5. The molecule has 0 saturated carbocycles. The Morgan fingerprint density at radius 2 is 0.865 bits per heavy atom. The van der Waals surface area contributed by atoms with Gasteiger partial charge in [0.1, 0.15) is 19.3 Å². The number of hydrogen-bond acceptors (Lipinski definition) is 6. The van der Waals surface area contributed by atoms with Crippen LogP contribution in [0.2, 0.25) is 0 Å². The van der Waals surface area contributed by atoms with E-state index in [4.69, 9.17) is 13.8 Å². The fourth-order valence-corrected chi connectivity index (χ4v) is 9.11.